The molecule has 0 bridgehead atoms. The summed E-state index contributed by atoms with van der Waals surface area (Å²) >= 11 is 6.07. The highest BCUT2D eigenvalue weighted by molar-refractivity contribution is 6.31. The molecule has 0 saturated carbocycles. The zero-order valence-corrected chi connectivity index (χ0v) is 17.6. The van der Waals surface area contributed by atoms with Crippen molar-refractivity contribution in [3.05, 3.63) is 70.9 Å². The zero-order valence-electron chi connectivity index (χ0n) is 16.9. The average molecular weight is 468 g/mol. The van der Waals surface area contributed by atoms with Crippen LogP contribution in [0.2, 0.25) is 5.02 Å². The van der Waals surface area contributed by atoms with E-state index in [1.165, 1.54) is 18.2 Å². The van der Waals surface area contributed by atoms with E-state index in [2.05, 4.69) is 10.3 Å². The molecule has 0 atom stereocenters. The molecule has 1 heterocycles. The number of carbonyl (C=O) groups is 2. The lowest BCUT2D eigenvalue weighted by Crippen LogP contribution is -2.12. The van der Waals surface area contributed by atoms with Crippen molar-refractivity contribution in [2.24, 2.45) is 0 Å². The van der Waals surface area contributed by atoms with Gasteiger partial charge in [0.25, 0.3) is 0 Å². The monoisotopic (exact) mass is 467 g/mol. The molecule has 0 aliphatic carbocycles. The van der Waals surface area contributed by atoms with Gasteiger partial charge in [-0.15, -0.1) is 0 Å². The van der Waals surface area contributed by atoms with Gasteiger partial charge in [-0.2, -0.15) is 0 Å². The van der Waals surface area contributed by atoms with Crippen LogP contribution in [0.3, 0.4) is 0 Å². The van der Waals surface area contributed by atoms with Crippen LogP contribution in [0.1, 0.15) is 5.56 Å². The lowest BCUT2D eigenvalue weighted by Gasteiger charge is -2.14. The Hall–Kier alpha value is -3.50. The fraction of sp³-hybridized carbons (Fsp3) is 0.190. The lowest BCUT2D eigenvalue weighted by molar-refractivity contribution is -0.159. The number of carboxylic acids is 2. The third-order valence-electron chi connectivity index (χ3n) is 4.18. The van der Waals surface area contributed by atoms with E-state index in [-0.39, 0.29) is 18.2 Å². The molecule has 0 radical (unpaired) electrons. The largest absolute Gasteiger partial charge is 0.473 e. The number of imidazole rings is 1. The van der Waals surface area contributed by atoms with E-state index in [1.54, 1.807) is 37.6 Å². The van der Waals surface area contributed by atoms with Gasteiger partial charge in [0.1, 0.15) is 11.6 Å². The van der Waals surface area contributed by atoms with Crippen LogP contribution >= 0.6 is 11.6 Å². The van der Waals surface area contributed by atoms with Crippen molar-refractivity contribution in [3.63, 3.8) is 0 Å². The number of hydrogen-bond acceptors (Lipinski definition) is 5. The van der Waals surface area contributed by atoms with Gasteiger partial charge < -0.3 is 24.8 Å². The van der Waals surface area contributed by atoms with Gasteiger partial charge in [0.15, 0.2) is 0 Å². The molecule has 0 aliphatic rings. The molecule has 0 spiro atoms. The van der Waals surface area contributed by atoms with Crippen molar-refractivity contribution in [2.75, 3.05) is 19.0 Å². The quantitative estimate of drug-likeness (QED) is 0.451. The predicted octanol–water partition coefficient (Wildman–Crippen LogP) is 3.90. The van der Waals surface area contributed by atoms with Crippen LogP contribution in [0.25, 0.3) is 11.3 Å². The zero-order chi connectivity index (χ0) is 23.7. The summed E-state index contributed by atoms with van der Waals surface area (Å²) in [4.78, 5) is 22.6. The van der Waals surface area contributed by atoms with Gasteiger partial charge in [-0.3, -0.25) is 0 Å². The van der Waals surface area contributed by atoms with Crippen LogP contribution < -0.4 is 5.32 Å². The Morgan fingerprint density at radius 2 is 1.78 bits per heavy atom. The minimum absolute atomic E-state index is 0.193. The Balaban J connectivity index is 0.000000534. The first-order valence-electron chi connectivity index (χ1n) is 9.18. The fourth-order valence-electron chi connectivity index (χ4n) is 2.65. The van der Waals surface area contributed by atoms with Crippen molar-refractivity contribution in [3.8, 4) is 11.3 Å². The number of ether oxygens (including phenoxy) is 1. The Labute approximate surface area is 187 Å². The van der Waals surface area contributed by atoms with Crippen molar-refractivity contribution in [2.45, 2.75) is 13.1 Å². The van der Waals surface area contributed by atoms with E-state index in [9.17, 15) is 8.78 Å². The topological polar surface area (TPSA) is 114 Å². The minimum Gasteiger partial charge on any atom is -0.473 e. The van der Waals surface area contributed by atoms with Crippen molar-refractivity contribution in [1.29, 1.82) is 0 Å². The Bertz CT molecular complexity index is 1040. The first-order valence-corrected chi connectivity index (χ1v) is 9.55. The maximum Gasteiger partial charge on any atom is 0.414 e. The summed E-state index contributed by atoms with van der Waals surface area (Å²) in [6, 6.07) is 10.7. The summed E-state index contributed by atoms with van der Waals surface area (Å²) in [5.41, 5.74) is 2.01. The number of hydrogen-bond donors (Lipinski definition) is 3. The SMILES string of the molecule is COCCn1c(-c2ccc(F)cc2)cnc1NCc1c(F)cccc1Cl.O=C(O)C(=O)O. The van der Waals surface area contributed by atoms with E-state index in [4.69, 9.17) is 36.1 Å². The molecular formula is C21H20ClF2N3O5. The molecule has 1 aromatic heterocycles. The summed E-state index contributed by atoms with van der Waals surface area (Å²) in [6.07, 6.45) is 1.69. The summed E-state index contributed by atoms with van der Waals surface area (Å²) in [7, 11) is 1.61. The highest BCUT2D eigenvalue weighted by atomic mass is 35.5. The van der Waals surface area contributed by atoms with Crippen LogP contribution in [-0.2, 0) is 27.4 Å². The van der Waals surface area contributed by atoms with Gasteiger partial charge in [0, 0.05) is 36.3 Å². The Kier molecular flexibility index (Phi) is 9.11. The Morgan fingerprint density at radius 3 is 2.34 bits per heavy atom. The summed E-state index contributed by atoms with van der Waals surface area (Å²) in [5, 5.41) is 18.3. The van der Waals surface area contributed by atoms with Crippen molar-refractivity contribution < 1.29 is 33.3 Å². The molecule has 3 rings (SSSR count). The molecule has 3 N–H and O–H groups in total. The second-order valence-corrected chi connectivity index (χ2v) is 6.69. The second-order valence-electron chi connectivity index (χ2n) is 6.28. The number of methoxy groups -OCH3 is 1. The standard InChI is InChI=1S/C19H18ClF2N3O.C2H2O4/c1-26-10-9-25-18(13-5-7-14(21)8-6-13)12-24-19(25)23-11-15-16(20)3-2-4-17(15)22;3-1(4)2(5)6/h2-8,12H,9-11H2,1H3,(H,23,24);(H,3,4)(H,5,6). The van der Waals surface area contributed by atoms with Gasteiger partial charge >= 0.3 is 11.9 Å². The number of halogens is 3. The average Bonchev–Trinajstić information content (AvgIpc) is 3.15. The van der Waals surface area contributed by atoms with Crippen molar-refractivity contribution in [1.82, 2.24) is 9.55 Å². The molecule has 8 nitrogen and oxygen atoms in total. The summed E-state index contributed by atoms with van der Waals surface area (Å²) in [5.74, 6) is -3.77. The van der Waals surface area contributed by atoms with Gasteiger partial charge in [-0.1, -0.05) is 17.7 Å². The van der Waals surface area contributed by atoms with Crippen LogP contribution in [0.5, 0.6) is 0 Å². The van der Waals surface area contributed by atoms with Gasteiger partial charge in [-0.05, 0) is 36.4 Å². The van der Waals surface area contributed by atoms with Crippen molar-refractivity contribution >= 4 is 29.5 Å². The van der Waals surface area contributed by atoms with E-state index < -0.39 is 11.9 Å². The molecule has 0 amide bonds. The fourth-order valence-corrected chi connectivity index (χ4v) is 2.88. The molecule has 3 aromatic rings. The van der Waals surface area contributed by atoms with Crippen LogP contribution in [0.15, 0.2) is 48.7 Å². The number of benzene rings is 2. The molecule has 0 aliphatic heterocycles. The molecule has 2 aromatic carbocycles. The molecule has 0 unspecified atom stereocenters. The van der Waals surface area contributed by atoms with E-state index >= 15 is 0 Å². The number of nitrogens with zero attached hydrogens (tertiary/aromatic N) is 2. The minimum atomic E-state index is -1.82. The third kappa shape index (κ3) is 6.76. The predicted molar refractivity (Wildman–Crippen MR) is 114 cm³/mol. The summed E-state index contributed by atoms with van der Waals surface area (Å²) < 4.78 is 34.2. The normalized spacial score (nSPS) is 10.2. The Morgan fingerprint density at radius 1 is 1.12 bits per heavy atom. The van der Waals surface area contributed by atoms with Gasteiger partial charge in [-0.25, -0.2) is 23.4 Å². The first kappa shape index (κ1) is 24.8. The van der Waals surface area contributed by atoms with Crippen LogP contribution in [0, 0.1) is 11.6 Å². The molecule has 0 fully saturated rings. The molecule has 11 heteroatoms. The van der Waals surface area contributed by atoms with E-state index in [0.717, 1.165) is 11.3 Å². The van der Waals surface area contributed by atoms with Crippen LogP contribution in [0.4, 0.5) is 14.7 Å². The summed E-state index contributed by atoms with van der Waals surface area (Å²) in [6.45, 7) is 1.20. The van der Waals surface area contributed by atoms with E-state index in [0.29, 0.717) is 29.7 Å². The third-order valence-corrected chi connectivity index (χ3v) is 4.54. The smallest absolute Gasteiger partial charge is 0.414 e. The molecular weight excluding hydrogens is 448 g/mol. The number of carboxylic acid groups (broad SMARTS) is 2. The first-order chi connectivity index (χ1) is 15.2. The molecule has 170 valence electrons. The van der Waals surface area contributed by atoms with Crippen LogP contribution in [-0.4, -0.2) is 45.4 Å². The highest BCUT2D eigenvalue weighted by Crippen LogP contribution is 2.25. The maximum absolute atomic E-state index is 14.0. The van der Waals surface area contributed by atoms with Gasteiger partial charge in [0.05, 0.1) is 18.5 Å². The molecule has 32 heavy (non-hydrogen) atoms. The number of aromatic nitrogens is 2. The molecule has 0 saturated heterocycles. The number of nitrogens with one attached hydrogen (secondary N) is 1. The number of anilines is 1. The highest BCUT2D eigenvalue weighted by Gasteiger charge is 2.13. The lowest BCUT2D eigenvalue weighted by atomic mass is 10.1. The van der Waals surface area contributed by atoms with Gasteiger partial charge in [0.2, 0.25) is 5.95 Å². The van der Waals surface area contributed by atoms with E-state index in [1.807, 2.05) is 4.57 Å². The number of aliphatic carboxylic acids is 2. The number of rotatable bonds is 7. The second kappa shape index (κ2) is 11.8. The maximum atomic E-state index is 14.0.